The Morgan fingerprint density at radius 3 is 2.41 bits per heavy atom. The fourth-order valence-electron chi connectivity index (χ4n) is 2.24. The van der Waals surface area contributed by atoms with Gasteiger partial charge in [0.2, 0.25) is 0 Å². The molecule has 17 heavy (non-hydrogen) atoms. The highest BCUT2D eigenvalue weighted by Gasteiger charge is 2.31. The fraction of sp³-hybridized carbons (Fsp3) is 0.909. The lowest BCUT2D eigenvalue weighted by Crippen LogP contribution is -2.48. The topological polar surface area (TPSA) is 28.1 Å². The number of fused-ring (bicyclic) bond motifs is 3. The van der Waals surface area contributed by atoms with Crippen molar-refractivity contribution >= 4 is 30.5 Å². The van der Waals surface area contributed by atoms with E-state index in [1.807, 2.05) is 14.1 Å². The molecular weight excluding hydrogens is 261 g/mol. The number of nitrogens with zero attached hydrogens (tertiary/aromatic N) is 3. The van der Waals surface area contributed by atoms with Gasteiger partial charge in [-0.3, -0.25) is 4.90 Å². The average Bonchev–Trinajstić information content (AvgIpc) is 2.26. The molecule has 0 saturated carbocycles. The molecule has 0 aliphatic carbocycles. The van der Waals surface area contributed by atoms with Crippen LogP contribution in [0.4, 0.5) is 0 Å². The largest absolute Gasteiger partial charge is 0.394 e. The average molecular weight is 284 g/mol. The quantitative estimate of drug-likeness (QED) is 0.578. The number of likely N-dealkylation sites (N-methyl/N-ethyl adjacent to an activating group) is 1. The molecule has 4 nitrogen and oxygen atoms in total. The molecule has 0 aromatic heterocycles. The molecule has 0 aromatic rings. The maximum atomic E-state index is 5.36. The van der Waals surface area contributed by atoms with E-state index < -0.39 is 0 Å². The Hall–Kier alpha value is -0.0300. The summed E-state index contributed by atoms with van der Waals surface area (Å²) in [5, 5.41) is 4.29. The van der Waals surface area contributed by atoms with Crippen molar-refractivity contribution < 1.29 is 4.84 Å². The van der Waals surface area contributed by atoms with Gasteiger partial charge in [0.1, 0.15) is 6.61 Å². The SMILES string of the molecule is CN(C)CCON=C1CN2CCC1CC2.Cl.Cl. The normalized spacial score (nSPS) is 28.8. The van der Waals surface area contributed by atoms with Gasteiger partial charge in [0.05, 0.1) is 5.71 Å². The molecule has 0 N–H and O–H groups in total. The molecule has 0 atom stereocenters. The number of hydrogen-bond acceptors (Lipinski definition) is 4. The van der Waals surface area contributed by atoms with Gasteiger partial charge < -0.3 is 9.74 Å². The van der Waals surface area contributed by atoms with Crippen molar-refractivity contribution in [3.05, 3.63) is 0 Å². The van der Waals surface area contributed by atoms with E-state index in [1.165, 1.54) is 31.6 Å². The van der Waals surface area contributed by atoms with Gasteiger partial charge in [0.15, 0.2) is 0 Å². The van der Waals surface area contributed by atoms with Crippen LogP contribution >= 0.6 is 24.8 Å². The first-order chi connectivity index (χ1) is 7.25. The van der Waals surface area contributed by atoms with Crippen LogP contribution in [0.1, 0.15) is 12.8 Å². The third-order valence-corrected chi connectivity index (χ3v) is 3.26. The molecule has 3 saturated heterocycles. The van der Waals surface area contributed by atoms with Gasteiger partial charge >= 0.3 is 0 Å². The van der Waals surface area contributed by atoms with Crippen molar-refractivity contribution in [2.75, 3.05) is 46.9 Å². The van der Waals surface area contributed by atoms with Crippen LogP contribution in [0.15, 0.2) is 5.16 Å². The second kappa shape index (κ2) is 8.14. The van der Waals surface area contributed by atoms with E-state index >= 15 is 0 Å². The van der Waals surface area contributed by atoms with Crippen molar-refractivity contribution in [3.8, 4) is 0 Å². The summed E-state index contributed by atoms with van der Waals surface area (Å²) in [7, 11) is 4.09. The van der Waals surface area contributed by atoms with Gasteiger partial charge in [-0.15, -0.1) is 24.8 Å². The molecule has 0 amide bonds. The number of halogens is 2. The zero-order valence-corrected chi connectivity index (χ0v) is 12.2. The highest BCUT2D eigenvalue weighted by molar-refractivity contribution is 5.89. The van der Waals surface area contributed by atoms with Gasteiger partial charge in [-0.05, 0) is 40.0 Å². The summed E-state index contributed by atoms with van der Waals surface area (Å²) < 4.78 is 0. The first-order valence-electron chi connectivity index (χ1n) is 5.81. The fourth-order valence-corrected chi connectivity index (χ4v) is 2.24. The van der Waals surface area contributed by atoms with Gasteiger partial charge in [-0.2, -0.15) is 0 Å². The number of rotatable bonds is 4. The Morgan fingerprint density at radius 2 is 1.94 bits per heavy atom. The summed E-state index contributed by atoms with van der Waals surface area (Å²) in [6, 6.07) is 0. The van der Waals surface area contributed by atoms with Crippen LogP contribution < -0.4 is 0 Å². The molecule has 0 aromatic carbocycles. The summed E-state index contributed by atoms with van der Waals surface area (Å²) in [5.74, 6) is 0.703. The van der Waals surface area contributed by atoms with Crippen LogP contribution in [-0.4, -0.2) is 62.4 Å². The van der Waals surface area contributed by atoms with Crippen molar-refractivity contribution in [1.82, 2.24) is 9.80 Å². The van der Waals surface area contributed by atoms with E-state index in [-0.39, 0.29) is 24.8 Å². The molecule has 3 rings (SSSR count). The summed E-state index contributed by atoms with van der Waals surface area (Å²) in [6.07, 6.45) is 2.55. The zero-order chi connectivity index (χ0) is 10.7. The zero-order valence-electron chi connectivity index (χ0n) is 10.6. The molecule has 3 fully saturated rings. The maximum absolute atomic E-state index is 5.36. The third kappa shape index (κ3) is 5.00. The smallest absolute Gasteiger partial charge is 0.129 e. The molecule has 3 aliphatic heterocycles. The monoisotopic (exact) mass is 283 g/mol. The lowest BCUT2D eigenvalue weighted by Gasteiger charge is -2.39. The van der Waals surface area contributed by atoms with Gasteiger partial charge in [-0.25, -0.2) is 0 Å². The first-order valence-corrected chi connectivity index (χ1v) is 5.81. The van der Waals surface area contributed by atoms with E-state index in [4.69, 9.17) is 4.84 Å². The van der Waals surface area contributed by atoms with Crippen LogP contribution in [0.3, 0.4) is 0 Å². The molecule has 2 bridgehead atoms. The number of oxime groups is 1. The van der Waals surface area contributed by atoms with Crippen molar-refractivity contribution in [3.63, 3.8) is 0 Å². The standard InChI is InChI=1S/C11H21N3O.2ClH/c1-13(2)7-8-15-12-11-9-14-5-3-10(11)4-6-14;;/h10H,3-9H2,1-2H3;2*1H. The summed E-state index contributed by atoms with van der Waals surface area (Å²) in [4.78, 5) is 9.93. The Kier molecular flexibility index (Phi) is 8.12. The van der Waals surface area contributed by atoms with E-state index in [9.17, 15) is 0 Å². The molecule has 3 heterocycles. The molecule has 102 valence electrons. The predicted octanol–water partition coefficient (Wildman–Crippen LogP) is 1.49. The van der Waals surface area contributed by atoms with Gasteiger partial charge in [0.25, 0.3) is 0 Å². The highest BCUT2D eigenvalue weighted by Crippen LogP contribution is 2.25. The van der Waals surface area contributed by atoms with Crippen molar-refractivity contribution in [2.45, 2.75) is 12.8 Å². The van der Waals surface area contributed by atoms with E-state index in [2.05, 4.69) is 15.0 Å². The molecular formula is C11H23Cl2N3O. The van der Waals surface area contributed by atoms with E-state index in [0.29, 0.717) is 12.5 Å². The Bertz CT molecular complexity index is 241. The summed E-state index contributed by atoms with van der Waals surface area (Å²) >= 11 is 0. The van der Waals surface area contributed by atoms with Crippen LogP contribution in [0, 0.1) is 5.92 Å². The first kappa shape index (κ1) is 17.0. The number of piperidine rings is 3. The minimum Gasteiger partial charge on any atom is -0.394 e. The minimum absolute atomic E-state index is 0. The van der Waals surface area contributed by atoms with E-state index in [0.717, 1.165) is 13.1 Å². The molecule has 0 spiro atoms. The summed E-state index contributed by atoms with van der Waals surface area (Å²) in [5.41, 5.74) is 1.27. The second-order valence-electron chi connectivity index (χ2n) is 4.77. The Morgan fingerprint density at radius 1 is 1.29 bits per heavy atom. The Balaban J connectivity index is 0.00000128. The number of hydrogen-bond donors (Lipinski definition) is 0. The summed E-state index contributed by atoms with van der Waals surface area (Å²) in [6.45, 7) is 5.17. The molecule has 0 unspecified atom stereocenters. The highest BCUT2D eigenvalue weighted by atomic mass is 35.5. The second-order valence-corrected chi connectivity index (χ2v) is 4.77. The molecule has 3 aliphatic rings. The van der Waals surface area contributed by atoms with Crippen LogP contribution in [-0.2, 0) is 4.84 Å². The van der Waals surface area contributed by atoms with E-state index in [1.54, 1.807) is 0 Å². The third-order valence-electron chi connectivity index (χ3n) is 3.26. The predicted molar refractivity (Wildman–Crippen MR) is 75.6 cm³/mol. The van der Waals surface area contributed by atoms with Crippen LogP contribution in [0.25, 0.3) is 0 Å². The Labute approximate surface area is 116 Å². The van der Waals surface area contributed by atoms with Crippen LogP contribution in [0.5, 0.6) is 0 Å². The minimum atomic E-state index is 0. The van der Waals surface area contributed by atoms with Gasteiger partial charge in [-0.1, -0.05) is 5.16 Å². The molecule has 0 radical (unpaired) electrons. The lowest BCUT2D eigenvalue weighted by molar-refractivity contribution is 0.115. The van der Waals surface area contributed by atoms with Crippen molar-refractivity contribution in [1.29, 1.82) is 0 Å². The lowest BCUT2D eigenvalue weighted by atomic mass is 9.87. The van der Waals surface area contributed by atoms with Gasteiger partial charge in [0, 0.05) is 19.0 Å². The van der Waals surface area contributed by atoms with Crippen molar-refractivity contribution in [2.24, 2.45) is 11.1 Å². The maximum Gasteiger partial charge on any atom is 0.129 e. The molecule has 6 heteroatoms. The van der Waals surface area contributed by atoms with Crippen LogP contribution in [0.2, 0.25) is 0 Å².